The minimum absolute atomic E-state index is 0.199. The van der Waals surface area contributed by atoms with Crippen LogP contribution in [0.5, 0.6) is 0 Å². The van der Waals surface area contributed by atoms with E-state index in [4.69, 9.17) is 0 Å². The monoisotopic (exact) mass is 219 g/mol. The summed E-state index contributed by atoms with van der Waals surface area (Å²) in [5, 5.41) is 0. The Kier molecular flexibility index (Phi) is 2.64. The average Bonchev–Trinajstić information content (AvgIpc) is 2.26. The molecule has 84 valence electrons. The highest BCUT2D eigenvalue weighted by Crippen LogP contribution is 2.35. The van der Waals surface area contributed by atoms with Gasteiger partial charge in [-0.3, -0.25) is 4.79 Å². The highest BCUT2D eigenvalue weighted by Gasteiger charge is 2.21. The van der Waals surface area contributed by atoms with Gasteiger partial charge in [0.1, 0.15) is 0 Å². The molecule has 1 heterocycles. The Morgan fingerprint density at radius 3 is 2.62 bits per heavy atom. The van der Waals surface area contributed by atoms with Crippen LogP contribution in [0.25, 0.3) is 5.57 Å². The molecule has 0 atom stereocenters. The molecule has 0 radical (unpaired) electrons. The van der Waals surface area contributed by atoms with Gasteiger partial charge in [-0.25, -0.2) is 4.79 Å². The van der Waals surface area contributed by atoms with Crippen molar-refractivity contribution < 1.29 is 9.53 Å². The maximum Gasteiger partial charge on any atom is 0.339 e. The fraction of sp³-hybridized carbons (Fsp3) is 0.333. The Labute approximate surface area is 92.9 Å². The maximum absolute atomic E-state index is 11.5. The highest BCUT2D eigenvalue weighted by molar-refractivity contribution is 5.95. The van der Waals surface area contributed by atoms with Gasteiger partial charge in [0, 0.05) is 6.07 Å². The van der Waals surface area contributed by atoms with E-state index in [1.807, 2.05) is 6.92 Å². The van der Waals surface area contributed by atoms with Gasteiger partial charge in [-0.1, -0.05) is 5.57 Å². The number of esters is 1. The molecule has 0 spiro atoms. The van der Waals surface area contributed by atoms with Crippen molar-refractivity contribution in [2.75, 3.05) is 7.11 Å². The lowest BCUT2D eigenvalue weighted by molar-refractivity contribution is 0.0600. The third-order valence-corrected chi connectivity index (χ3v) is 2.89. The molecule has 0 aromatic carbocycles. The summed E-state index contributed by atoms with van der Waals surface area (Å²) in [6.07, 6.45) is 1.92. The predicted molar refractivity (Wildman–Crippen MR) is 60.2 cm³/mol. The lowest BCUT2D eigenvalue weighted by atomic mass is 9.85. The molecule has 0 saturated carbocycles. The summed E-state index contributed by atoms with van der Waals surface area (Å²) >= 11 is 0. The minimum atomic E-state index is -0.418. The normalized spacial score (nSPS) is 14.6. The molecule has 1 aromatic heterocycles. The summed E-state index contributed by atoms with van der Waals surface area (Å²) < 4.78 is 4.69. The maximum atomic E-state index is 11.5. The summed E-state index contributed by atoms with van der Waals surface area (Å²) in [6.45, 7) is 2.01. The second-order valence-electron chi connectivity index (χ2n) is 3.86. The van der Waals surface area contributed by atoms with Crippen LogP contribution < -0.4 is 5.56 Å². The molecule has 1 N–H and O–H groups in total. The van der Waals surface area contributed by atoms with Crippen LogP contribution in [0.15, 0.2) is 22.5 Å². The van der Waals surface area contributed by atoms with Crippen LogP contribution in [0.2, 0.25) is 0 Å². The fourth-order valence-electron chi connectivity index (χ4n) is 1.83. The van der Waals surface area contributed by atoms with Gasteiger partial charge in [0.2, 0.25) is 5.56 Å². The molecule has 0 saturated heterocycles. The summed E-state index contributed by atoms with van der Waals surface area (Å²) in [4.78, 5) is 25.5. The number of aromatic amines is 1. The van der Waals surface area contributed by atoms with Gasteiger partial charge in [-0.05, 0) is 31.4 Å². The standard InChI is InChI=1S/C12H13NO3/c1-7-3-4-8(7)11-9(12(15)16-2)5-6-10(14)13-11/h5-6H,3-4H2,1-2H3,(H,13,14). The third kappa shape index (κ3) is 1.66. The Morgan fingerprint density at radius 1 is 1.38 bits per heavy atom. The molecule has 1 aromatic rings. The topological polar surface area (TPSA) is 59.2 Å². The second kappa shape index (κ2) is 3.96. The molecule has 4 nitrogen and oxygen atoms in total. The number of hydrogen-bond donors (Lipinski definition) is 1. The summed E-state index contributed by atoms with van der Waals surface area (Å²) in [6, 6.07) is 2.85. The van der Waals surface area contributed by atoms with Gasteiger partial charge < -0.3 is 9.72 Å². The number of H-pyrrole nitrogens is 1. The number of aromatic nitrogens is 1. The molecule has 16 heavy (non-hydrogen) atoms. The van der Waals surface area contributed by atoms with Crippen LogP contribution in [0.4, 0.5) is 0 Å². The number of methoxy groups -OCH3 is 1. The van der Waals surface area contributed by atoms with Crippen molar-refractivity contribution in [3.8, 4) is 0 Å². The molecular formula is C12H13NO3. The zero-order chi connectivity index (χ0) is 11.7. The number of pyridine rings is 1. The number of allylic oxidation sites excluding steroid dienone is 2. The van der Waals surface area contributed by atoms with E-state index in [-0.39, 0.29) is 5.56 Å². The van der Waals surface area contributed by atoms with E-state index in [1.165, 1.54) is 24.8 Å². The van der Waals surface area contributed by atoms with Crippen LogP contribution in [0.3, 0.4) is 0 Å². The number of rotatable bonds is 2. The Hall–Kier alpha value is -1.84. The average molecular weight is 219 g/mol. The first-order chi connectivity index (χ1) is 7.63. The predicted octanol–water partition coefficient (Wildman–Crippen LogP) is 1.73. The zero-order valence-corrected chi connectivity index (χ0v) is 9.29. The van der Waals surface area contributed by atoms with E-state index in [0.29, 0.717) is 11.3 Å². The van der Waals surface area contributed by atoms with Gasteiger partial charge in [0.25, 0.3) is 0 Å². The SMILES string of the molecule is COC(=O)c1ccc(=O)[nH]c1C1=C(C)CC1. The molecule has 0 unspecified atom stereocenters. The van der Waals surface area contributed by atoms with Crippen LogP contribution in [-0.4, -0.2) is 18.1 Å². The Morgan fingerprint density at radius 2 is 2.12 bits per heavy atom. The smallest absolute Gasteiger partial charge is 0.339 e. The van der Waals surface area contributed by atoms with E-state index in [0.717, 1.165) is 18.4 Å². The zero-order valence-electron chi connectivity index (χ0n) is 9.29. The van der Waals surface area contributed by atoms with Gasteiger partial charge >= 0.3 is 5.97 Å². The van der Waals surface area contributed by atoms with E-state index in [1.54, 1.807) is 0 Å². The fourth-order valence-corrected chi connectivity index (χ4v) is 1.83. The van der Waals surface area contributed by atoms with Crippen molar-refractivity contribution in [1.82, 2.24) is 4.98 Å². The van der Waals surface area contributed by atoms with Crippen molar-refractivity contribution in [3.63, 3.8) is 0 Å². The van der Waals surface area contributed by atoms with Crippen molar-refractivity contribution >= 4 is 11.5 Å². The quantitative estimate of drug-likeness (QED) is 0.770. The van der Waals surface area contributed by atoms with E-state index in [2.05, 4.69) is 9.72 Å². The summed E-state index contributed by atoms with van der Waals surface area (Å²) in [7, 11) is 1.33. The van der Waals surface area contributed by atoms with Crippen molar-refractivity contribution in [2.24, 2.45) is 0 Å². The third-order valence-electron chi connectivity index (χ3n) is 2.89. The molecule has 0 amide bonds. The van der Waals surface area contributed by atoms with Crippen molar-refractivity contribution in [3.05, 3.63) is 39.3 Å². The largest absolute Gasteiger partial charge is 0.465 e. The number of nitrogens with one attached hydrogen (secondary N) is 1. The highest BCUT2D eigenvalue weighted by atomic mass is 16.5. The van der Waals surface area contributed by atoms with Crippen molar-refractivity contribution in [2.45, 2.75) is 19.8 Å². The van der Waals surface area contributed by atoms with Crippen LogP contribution in [-0.2, 0) is 4.74 Å². The number of ether oxygens (including phenoxy) is 1. The first-order valence-electron chi connectivity index (χ1n) is 5.14. The molecular weight excluding hydrogens is 206 g/mol. The van der Waals surface area contributed by atoms with E-state index in [9.17, 15) is 9.59 Å². The van der Waals surface area contributed by atoms with Crippen LogP contribution in [0, 0.1) is 0 Å². The minimum Gasteiger partial charge on any atom is -0.465 e. The van der Waals surface area contributed by atoms with Gasteiger partial charge in [0.05, 0.1) is 18.4 Å². The van der Waals surface area contributed by atoms with E-state index >= 15 is 0 Å². The van der Waals surface area contributed by atoms with Gasteiger partial charge in [-0.15, -0.1) is 0 Å². The second-order valence-corrected chi connectivity index (χ2v) is 3.86. The molecule has 0 fully saturated rings. The lowest BCUT2D eigenvalue weighted by Crippen LogP contribution is -2.16. The van der Waals surface area contributed by atoms with Crippen molar-refractivity contribution in [1.29, 1.82) is 0 Å². The molecule has 1 aliphatic carbocycles. The van der Waals surface area contributed by atoms with Gasteiger partial charge in [0.15, 0.2) is 0 Å². The number of carbonyl (C=O) groups excluding carboxylic acids is 1. The Balaban J connectivity index is 2.58. The first-order valence-corrected chi connectivity index (χ1v) is 5.14. The van der Waals surface area contributed by atoms with Crippen LogP contribution in [0.1, 0.15) is 35.8 Å². The van der Waals surface area contributed by atoms with Gasteiger partial charge in [-0.2, -0.15) is 0 Å². The molecule has 1 aliphatic rings. The summed E-state index contributed by atoms with van der Waals surface area (Å²) in [5.41, 5.74) is 3.11. The number of carbonyl (C=O) groups is 1. The molecule has 0 aliphatic heterocycles. The molecule has 4 heteroatoms. The number of hydrogen-bond acceptors (Lipinski definition) is 3. The lowest BCUT2D eigenvalue weighted by Gasteiger charge is -2.22. The van der Waals surface area contributed by atoms with E-state index < -0.39 is 5.97 Å². The first kappa shape index (κ1) is 10.7. The molecule has 2 rings (SSSR count). The summed E-state index contributed by atoms with van der Waals surface area (Å²) in [5.74, 6) is -0.418. The van der Waals surface area contributed by atoms with Crippen LogP contribution >= 0.6 is 0 Å². The Bertz CT molecular complexity index is 525. The molecule has 0 bridgehead atoms.